The number of hydrogen-bond donors (Lipinski definition) is 0. The van der Waals surface area contributed by atoms with Gasteiger partial charge in [-0.1, -0.05) is 102 Å². The van der Waals surface area contributed by atoms with E-state index < -0.39 is 7.26 Å². The van der Waals surface area contributed by atoms with Gasteiger partial charge >= 0.3 is 0 Å². The standard InChI is InChI=1S/C39H35NP/c1-31-18-24-34(25-19-31)40(35-26-20-32(2)21-27-35)36-28-22-33(23-29-36)30-41(37-12-6-3-7-13-37,38-14-8-4-9-15-38)39-16-10-5-11-17-39/h3-29H,30H2,1-2H3/q+1. The maximum Gasteiger partial charge on any atom is 0.116 e. The minimum atomic E-state index is -1.95. The highest BCUT2D eigenvalue weighted by molar-refractivity contribution is 7.95. The molecule has 6 aromatic rings. The van der Waals surface area contributed by atoms with Crippen molar-refractivity contribution >= 4 is 40.2 Å². The van der Waals surface area contributed by atoms with Crippen LogP contribution in [0.25, 0.3) is 0 Å². The Balaban J connectivity index is 1.45. The summed E-state index contributed by atoms with van der Waals surface area (Å²) in [5.41, 5.74) is 7.33. The fourth-order valence-corrected chi connectivity index (χ4v) is 9.87. The smallest absolute Gasteiger partial charge is 0.116 e. The molecule has 0 unspecified atom stereocenters. The van der Waals surface area contributed by atoms with Crippen LogP contribution in [-0.2, 0) is 6.16 Å². The zero-order chi connectivity index (χ0) is 28.1. The lowest BCUT2D eigenvalue weighted by Gasteiger charge is -2.28. The van der Waals surface area contributed by atoms with E-state index in [1.165, 1.54) is 32.6 Å². The average molecular weight is 549 g/mol. The second-order valence-corrected chi connectivity index (χ2v) is 14.1. The molecular weight excluding hydrogens is 513 g/mol. The molecule has 2 heteroatoms. The van der Waals surface area contributed by atoms with E-state index in [1.807, 2.05) is 0 Å². The molecule has 0 aromatic heterocycles. The van der Waals surface area contributed by atoms with Gasteiger partial charge in [0.25, 0.3) is 0 Å². The van der Waals surface area contributed by atoms with Crippen molar-refractivity contribution in [2.75, 3.05) is 4.90 Å². The van der Waals surface area contributed by atoms with Gasteiger partial charge in [0.05, 0.1) is 6.16 Å². The molecule has 41 heavy (non-hydrogen) atoms. The van der Waals surface area contributed by atoms with Crippen molar-refractivity contribution in [1.29, 1.82) is 0 Å². The molecule has 0 aliphatic rings. The average Bonchev–Trinajstić information content (AvgIpc) is 3.04. The molecule has 6 aromatic carbocycles. The van der Waals surface area contributed by atoms with Crippen LogP contribution in [0.3, 0.4) is 0 Å². The third kappa shape index (κ3) is 5.60. The van der Waals surface area contributed by atoms with Crippen LogP contribution in [0.1, 0.15) is 16.7 Å². The van der Waals surface area contributed by atoms with Gasteiger partial charge < -0.3 is 4.90 Å². The lowest BCUT2D eigenvalue weighted by Crippen LogP contribution is -2.32. The van der Waals surface area contributed by atoms with Crippen LogP contribution in [0.4, 0.5) is 17.1 Å². The van der Waals surface area contributed by atoms with Crippen molar-refractivity contribution < 1.29 is 0 Å². The third-order valence-electron chi connectivity index (χ3n) is 7.79. The Kier molecular flexibility index (Phi) is 7.81. The van der Waals surface area contributed by atoms with E-state index in [9.17, 15) is 0 Å². The highest BCUT2D eigenvalue weighted by atomic mass is 31.2. The Bertz CT molecular complexity index is 1530. The molecule has 0 heterocycles. The minimum Gasteiger partial charge on any atom is -0.311 e. The number of hydrogen-bond acceptors (Lipinski definition) is 1. The molecule has 0 aliphatic heterocycles. The fourth-order valence-electron chi connectivity index (χ4n) is 5.63. The van der Waals surface area contributed by atoms with Gasteiger partial charge in [-0.05, 0) is 92.2 Å². The molecule has 0 spiro atoms. The van der Waals surface area contributed by atoms with E-state index >= 15 is 0 Å². The van der Waals surface area contributed by atoms with Crippen LogP contribution in [-0.4, -0.2) is 0 Å². The van der Waals surface area contributed by atoms with Crippen LogP contribution in [0.15, 0.2) is 164 Å². The molecule has 0 N–H and O–H groups in total. The van der Waals surface area contributed by atoms with Gasteiger partial charge in [-0.3, -0.25) is 0 Å². The number of nitrogens with zero attached hydrogens (tertiary/aromatic N) is 1. The second kappa shape index (κ2) is 12.0. The SMILES string of the molecule is Cc1ccc(N(c2ccc(C)cc2)c2ccc(C[P+](c3ccccc3)(c3ccccc3)c3ccccc3)cc2)cc1. The van der Waals surface area contributed by atoms with E-state index in [4.69, 9.17) is 0 Å². The molecule has 0 atom stereocenters. The van der Waals surface area contributed by atoms with Gasteiger partial charge in [0.15, 0.2) is 0 Å². The molecule has 0 saturated heterocycles. The molecule has 0 amide bonds. The zero-order valence-electron chi connectivity index (χ0n) is 23.7. The lowest BCUT2D eigenvalue weighted by atomic mass is 10.1. The van der Waals surface area contributed by atoms with Gasteiger partial charge in [0.1, 0.15) is 23.2 Å². The van der Waals surface area contributed by atoms with Crippen LogP contribution in [0.5, 0.6) is 0 Å². The summed E-state index contributed by atoms with van der Waals surface area (Å²) in [5, 5.41) is 4.22. The third-order valence-corrected chi connectivity index (χ3v) is 12.2. The number of benzene rings is 6. The lowest BCUT2D eigenvalue weighted by molar-refractivity contribution is 1.26. The summed E-state index contributed by atoms with van der Waals surface area (Å²) in [5.74, 6) is 0. The molecule has 0 bridgehead atoms. The first-order chi connectivity index (χ1) is 20.1. The van der Waals surface area contributed by atoms with E-state index in [-0.39, 0.29) is 0 Å². The zero-order valence-corrected chi connectivity index (χ0v) is 24.6. The van der Waals surface area contributed by atoms with Gasteiger partial charge in [0.2, 0.25) is 0 Å². The van der Waals surface area contributed by atoms with Crippen LogP contribution in [0, 0.1) is 13.8 Å². The van der Waals surface area contributed by atoms with E-state index in [0.717, 1.165) is 23.2 Å². The largest absolute Gasteiger partial charge is 0.311 e. The Morgan fingerprint density at radius 1 is 0.390 bits per heavy atom. The fraction of sp³-hybridized carbons (Fsp3) is 0.0769. The van der Waals surface area contributed by atoms with Crippen molar-refractivity contribution in [3.05, 3.63) is 180 Å². The summed E-state index contributed by atoms with van der Waals surface area (Å²) >= 11 is 0. The van der Waals surface area contributed by atoms with Gasteiger partial charge in [-0.15, -0.1) is 0 Å². The molecule has 6 rings (SSSR count). The molecule has 1 nitrogen and oxygen atoms in total. The summed E-state index contributed by atoms with van der Waals surface area (Å²) in [6, 6.07) is 60.1. The molecular formula is C39H35NP+. The van der Waals surface area contributed by atoms with Gasteiger partial charge in [0, 0.05) is 17.1 Å². The van der Waals surface area contributed by atoms with Crippen molar-refractivity contribution in [3.63, 3.8) is 0 Å². The summed E-state index contributed by atoms with van der Waals surface area (Å²) in [4.78, 5) is 2.34. The monoisotopic (exact) mass is 548 g/mol. The Labute approximate surface area is 245 Å². The predicted molar refractivity (Wildman–Crippen MR) is 179 cm³/mol. The predicted octanol–water partition coefficient (Wildman–Crippen LogP) is 9.27. The first-order valence-corrected chi connectivity index (χ1v) is 16.2. The number of rotatable bonds is 8. The van der Waals surface area contributed by atoms with Crippen LogP contribution in [0.2, 0.25) is 0 Å². The molecule has 0 radical (unpaired) electrons. The normalized spacial score (nSPS) is 11.3. The van der Waals surface area contributed by atoms with E-state index in [1.54, 1.807) is 0 Å². The molecule has 0 fully saturated rings. The minimum absolute atomic E-state index is 0.959. The highest BCUT2D eigenvalue weighted by Gasteiger charge is 2.45. The topological polar surface area (TPSA) is 3.24 Å². The second-order valence-electron chi connectivity index (χ2n) is 10.6. The quantitative estimate of drug-likeness (QED) is 0.171. The molecule has 0 aliphatic carbocycles. The molecule has 0 saturated carbocycles. The van der Waals surface area contributed by atoms with Crippen LogP contribution < -0.4 is 20.8 Å². The Hall–Kier alpha value is -4.45. The van der Waals surface area contributed by atoms with E-state index in [0.29, 0.717) is 0 Å². The van der Waals surface area contributed by atoms with Crippen molar-refractivity contribution in [3.8, 4) is 0 Å². The van der Waals surface area contributed by atoms with Crippen molar-refractivity contribution in [2.24, 2.45) is 0 Å². The van der Waals surface area contributed by atoms with E-state index in [2.05, 4.69) is 183 Å². The van der Waals surface area contributed by atoms with Gasteiger partial charge in [-0.25, -0.2) is 0 Å². The Morgan fingerprint density at radius 2 is 0.707 bits per heavy atom. The Morgan fingerprint density at radius 3 is 1.05 bits per heavy atom. The summed E-state index contributed by atoms with van der Waals surface area (Å²) in [6.07, 6.45) is 0.959. The highest BCUT2D eigenvalue weighted by Crippen LogP contribution is 2.58. The summed E-state index contributed by atoms with van der Waals surface area (Å²) in [6.45, 7) is 4.27. The van der Waals surface area contributed by atoms with Crippen LogP contribution >= 0.6 is 7.26 Å². The first kappa shape index (κ1) is 26.8. The first-order valence-electron chi connectivity index (χ1n) is 14.2. The van der Waals surface area contributed by atoms with Gasteiger partial charge in [-0.2, -0.15) is 0 Å². The summed E-state index contributed by atoms with van der Waals surface area (Å²) < 4.78 is 0. The van der Waals surface area contributed by atoms with Crippen molar-refractivity contribution in [2.45, 2.75) is 20.0 Å². The summed E-state index contributed by atoms with van der Waals surface area (Å²) in [7, 11) is -1.95. The number of aryl methyl sites for hydroxylation is 2. The molecule has 200 valence electrons. The number of anilines is 3. The van der Waals surface area contributed by atoms with Crippen molar-refractivity contribution in [1.82, 2.24) is 0 Å². The maximum absolute atomic E-state index is 2.34. The maximum atomic E-state index is 2.34.